The molecule has 0 spiro atoms. The molecule has 4 nitrogen and oxygen atoms in total. The van der Waals surface area contributed by atoms with Crippen LogP contribution in [0.25, 0.3) is 0 Å². The minimum Gasteiger partial charge on any atom is -0.744 e. The molecule has 0 radical (unpaired) electrons. The van der Waals surface area contributed by atoms with Crippen molar-refractivity contribution in [2.45, 2.75) is 90.7 Å². The lowest BCUT2D eigenvalue weighted by Gasteiger charge is -2.31. The van der Waals surface area contributed by atoms with Gasteiger partial charge >= 0.3 is 30.9 Å². The largest absolute Gasteiger partial charge is 0.744 e. The van der Waals surface area contributed by atoms with Gasteiger partial charge in [-0.15, -0.1) is 0 Å². The average molecular weight is 861 g/mol. The van der Waals surface area contributed by atoms with Crippen molar-refractivity contribution in [3.8, 4) is 5.75 Å². The summed E-state index contributed by atoms with van der Waals surface area (Å²) in [7, 11) is -7.64. The fraction of sp³-hybridized carbons (Fsp3) is 0.314. The van der Waals surface area contributed by atoms with Crippen molar-refractivity contribution in [1.82, 2.24) is 0 Å². The second-order valence-electron chi connectivity index (χ2n) is 12.7. The Hall–Kier alpha value is -4.11. The van der Waals surface area contributed by atoms with Crippen LogP contribution in [-0.2, 0) is 51.9 Å². The van der Waals surface area contributed by atoms with Crippen molar-refractivity contribution in [3.05, 3.63) is 112 Å². The van der Waals surface area contributed by atoms with Gasteiger partial charge in [-0.25, -0.2) is 8.42 Å². The van der Waals surface area contributed by atoms with E-state index in [2.05, 4.69) is 107 Å². The van der Waals surface area contributed by atoms with Crippen LogP contribution in [0.4, 0.5) is 65.9 Å². The summed E-state index contributed by atoms with van der Waals surface area (Å²) in [6, 6.07) is 25.9. The smallest absolute Gasteiger partial charge is 0.418 e. The highest BCUT2D eigenvalue weighted by atomic mass is 32.2. The summed E-state index contributed by atoms with van der Waals surface area (Å²) in [5.74, 6) is 0.945. The number of halogens is 15. The minimum absolute atomic E-state index is 0.125. The van der Waals surface area contributed by atoms with Gasteiger partial charge in [-0.2, -0.15) is 65.9 Å². The van der Waals surface area contributed by atoms with Crippen LogP contribution in [0.2, 0.25) is 0 Å². The average Bonchev–Trinajstić information content (AvgIpc) is 2.99. The highest BCUT2D eigenvalue weighted by Crippen LogP contribution is 2.57. The van der Waals surface area contributed by atoms with Crippen LogP contribution in [-0.4, -0.2) is 18.6 Å². The Labute approximate surface area is 312 Å². The summed E-state index contributed by atoms with van der Waals surface area (Å²) in [6.45, 7) is 10.7. The van der Waals surface area contributed by atoms with Gasteiger partial charge in [0.15, 0.2) is 14.7 Å². The Balaban J connectivity index is 0.000000303. The fourth-order valence-electron chi connectivity index (χ4n) is 5.50. The van der Waals surface area contributed by atoms with Gasteiger partial charge in [-0.05, 0) is 71.0 Å². The zero-order valence-electron chi connectivity index (χ0n) is 29.0. The van der Waals surface area contributed by atoms with E-state index in [0.717, 1.165) is 5.75 Å². The topological polar surface area (TPSA) is 66.4 Å². The maximum Gasteiger partial charge on any atom is 0.418 e. The molecule has 0 heterocycles. The van der Waals surface area contributed by atoms with Crippen molar-refractivity contribution in [2.75, 3.05) is 0 Å². The third kappa shape index (κ3) is 10.8. The SMILES string of the molecule is Cc1cc(OC(C)(C)C)cc(C)c1[S+](c1ccccc1)c1ccccc1.O=S(=O)([O-])c1c(C(F)(F)F)c(C(F)(F)F)c(C(F)(F)F)c(C(F)(F)F)c1C(F)(F)F. The maximum atomic E-state index is 13.0. The maximum absolute atomic E-state index is 13.0. The van der Waals surface area contributed by atoms with Crippen LogP contribution in [0.1, 0.15) is 59.7 Å². The van der Waals surface area contributed by atoms with E-state index in [1.165, 1.54) is 25.8 Å². The van der Waals surface area contributed by atoms with Crippen molar-refractivity contribution in [3.63, 3.8) is 0 Å². The quantitative estimate of drug-likeness (QED) is 0.114. The zero-order valence-corrected chi connectivity index (χ0v) is 30.7. The van der Waals surface area contributed by atoms with E-state index in [9.17, 15) is 78.8 Å². The van der Waals surface area contributed by atoms with Crippen LogP contribution in [0.3, 0.4) is 0 Å². The molecule has 21 heteroatoms. The van der Waals surface area contributed by atoms with Crippen molar-refractivity contribution in [1.29, 1.82) is 0 Å². The highest BCUT2D eigenvalue weighted by Gasteiger charge is 2.61. The van der Waals surface area contributed by atoms with Crippen molar-refractivity contribution in [2.24, 2.45) is 0 Å². The second-order valence-corrected chi connectivity index (χ2v) is 16.0. The zero-order chi connectivity index (χ0) is 43.2. The minimum atomic E-state index is -7.52. The first-order valence-electron chi connectivity index (χ1n) is 15.3. The number of benzene rings is 4. The Morgan fingerprint density at radius 1 is 0.518 bits per heavy atom. The van der Waals surface area contributed by atoms with Crippen LogP contribution in [0.15, 0.2) is 92.4 Å². The number of hydrogen-bond donors (Lipinski definition) is 0. The Bertz CT molecular complexity index is 2020. The molecule has 0 atom stereocenters. The lowest BCUT2D eigenvalue weighted by Crippen LogP contribution is -2.34. The first-order valence-corrected chi connectivity index (χ1v) is 17.9. The predicted octanol–water partition coefficient (Wildman–Crippen LogP) is 12.3. The fourth-order valence-corrected chi connectivity index (χ4v) is 8.80. The number of alkyl halides is 15. The molecule has 308 valence electrons. The van der Waals surface area contributed by atoms with E-state index in [0.29, 0.717) is 0 Å². The van der Waals surface area contributed by atoms with Gasteiger partial charge in [-0.1, -0.05) is 36.4 Å². The molecular formula is C35H27F15O4S2. The van der Waals surface area contributed by atoms with E-state index < -0.39 is 73.7 Å². The monoisotopic (exact) mass is 860 g/mol. The first kappa shape index (κ1) is 46.3. The molecule has 0 saturated carbocycles. The summed E-state index contributed by atoms with van der Waals surface area (Å²) in [5.41, 5.74) is -19.8. The Morgan fingerprint density at radius 3 is 1.05 bits per heavy atom. The van der Waals surface area contributed by atoms with Gasteiger partial charge in [0.2, 0.25) is 0 Å². The molecule has 0 fully saturated rings. The van der Waals surface area contributed by atoms with Crippen LogP contribution < -0.4 is 4.74 Å². The molecular weight excluding hydrogens is 833 g/mol. The van der Waals surface area contributed by atoms with E-state index in [1.54, 1.807) is 0 Å². The molecule has 0 bridgehead atoms. The molecule has 0 saturated heterocycles. The summed E-state index contributed by atoms with van der Waals surface area (Å²) >= 11 is 0. The lowest BCUT2D eigenvalue weighted by molar-refractivity contribution is -0.191. The molecule has 0 aromatic heterocycles. The molecule has 0 N–H and O–H groups in total. The predicted molar refractivity (Wildman–Crippen MR) is 171 cm³/mol. The van der Waals surface area contributed by atoms with Crippen LogP contribution in [0, 0.1) is 13.8 Å². The third-order valence-electron chi connectivity index (χ3n) is 7.14. The summed E-state index contributed by atoms with van der Waals surface area (Å²) in [5, 5.41) is 0. The normalized spacial score (nSPS) is 13.4. The molecule has 4 aromatic rings. The van der Waals surface area contributed by atoms with E-state index in [1.807, 2.05) is 0 Å². The van der Waals surface area contributed by atoms with Gasteiger partial charge < -0.3 is 9.29 Å². The van der Waals surface area contributed by atoms with Crippen LogP contribution >= 0.6 is 0 Å². The Morgan fingerprint density at radius 2 is 0.804 bits per heavy atom. The summed E-state index contributed by atoms with van der Waals surface area (Å²) < 4.78 is 234. The molecule has 0 aliphatic rings. The lowest BCUT2D eigenvalue weighted by atomic mass is 9.89. The van der Waals surface area contributed by atoms with Gasteiger partial charge in [-0.3, -0.25) is 0 Å². The second kappa shape index (κ2) is 15.7. The van der Waals surface area contributed by atoms with Crippen LogP contribution in [0.5, 0.6) is 5.75 Å². The number of ether oxygens (including phenoxy) is 1. The first-order chi connectivity index (χ1) is 25.1. The molecule has 0 amide bonds. The number of rotatable bonds is 5. The highest BCUT2D eigenvalue weighted by molar-refractivity contribution is 7.97. The molecule has 0 unspecified atom stereocenters. The number of hydrogen-bond acceptors (Lipinski definition) is 4. The van der Waals surface area contributed by atoms with Crippen molar-refractivity contribution < 1.29 is 83.6 Å². The number of aryl methyl sites for hydroxylation is 2. The van der Waals surface area contributed by atoms with Gasteiger partial charge in [0.25, 0.3) is 0 Å². The Kier molecular flexibility index (Phi) is 13.0. The van der Waals surface area contributed by atoms with E-state index >= 15 is 0 Å². The van der Waals surface area contributed by atoms with Gasteiger partial charge in [0.1, 0.15) is 21.5 Å². The van der Waals surface area contributed by atoms with Gasteiger partial charge in [0, 0.05) is 11.1 Å². The standard InChI is InChI=1S/C24H27OS.C11HF15O3S/c1-18-16-20(25-24(3,4)5)17-19(2)23(18)26(21-12-8-6-9-13-21)22-14-10-7-11-15-22;12-7(13,14)1-2(8(15,16)17)4(10(21,22)23)6(30(27,28)29)5(11(24,25)26)3(1)9(18,19)20/h6-17H,1-5H3;(H,27,28,29)/q+1;/p-1. The molecule has 0 aliphatic heterocycles. The molecule has 4 aromatic carbocycles. The van der Waals surface area contributed by atoms with E-state index in [-0.39, 0.29) is 16.5 Å². The van der Waals surface area contributed by atoms with Gasteiger partial charge in [0.05, 0.1) is 43.6 Å². The van der Waals surface area contributed by atoms with Crippen molar-refractivity contribution >= 4 is 21.0 Å². The molecule has 0 aliphatic carbocycles. The molecule has 4 rings (SSSR count). The summed E-state index contributed by atoms with van der Waals surface area (Å²) in [6.07, 6.45) is -35.6. The summed E-state index contributed by atoms with van der Waals surface area (Å²) in [4.78, 5) is -0.109. The molecule has 56 heavy (non-hydrogen) atoms. The van der Waals surface area contributed by atoms with E-state index in [4.69, 9.17) is 4.74 Å². The third-order valence-corrected chi connectivity index (χ3v) is 10.6.